The first-order valence-electron chi connectivity index (χ1n) is 8.00. The molecule has 1 amide bonds. The zero-order chi connectivity index (χ0) is 18.4. The average Bonchev–Trinajstić information content (AvgIpc) is 3.15. The molecule has 7 heteroatoms. The predicted octanol–water partition coefficient (Wildman–Crippen LogP) is 3.53. The summed E-state index contributed by atoms with van der Waals surface area (Å²) in [7, 11) is 3.89. The largest absolute Gasteiger partial charge is 0.465 e. The van der Waals surface area contributed by atoms with Crippen molar-refractivity contribution < 1.29 is 9.21 Å². The van der Waals surface area contributed by atoms with E-state index < -0.39 is 0 Å². The monoisotopic (exact) mass is 349 g/mol. The first kappa shape index (κ1) is 17.2. The highest BCUT2D eigenvalue weighted by atomic mass is 16.3. The second-order valence-corrected chi connectivity index (χ2v) is 5.73. The number of hydrogen-bond donors (Lipinski definition) is 2. The molecule has 0 aliphatic rings. The number of benzene rings is 1. The lowest BCUT2D eigenvalue weighted by molar-refractivity contribution is -0.111. The Morgan fingerprint density at radius 2 is 1.92 bits per heavy atom. The van der Waals surface area contributed by atoms with E-state index in [0.29, 0.717) is 17.3 Å². The molecular weight excluding hydrogens is 330 g/mol. The molecule has 0 radical (unpaired) electrons. The van der Waals surface area contributed by atoms with E-state index in [-0.39, 0.29) is 5.91 Å². The maximum atomic E-state index is 11.9. The highest BCUT2D eigenvalue weighted by Crippen LogP contribution is 2.20. The van der Waals surface area contributed by atoms with Crippen molar-refractivity contribution in [2.75, 3.05) is 29.6 Å². The molecule has 0 aliphatic carbocycles. The van der Waals surface area contributed by atoms with Crippen molar-refractivity contribution >= 4 is 34.9 Å². The molecule has 0 saturated heterocycles. The molecule has 0 unspecified atom stereocenters. The molecule has 0 aliphatic heterocycles. The van der Waals surface area contributed by atoms with Crippen LogP contribution in [-0.4, -0.2) is 30.2 Å². The Morgan fingerprint density at radius 3 is 2.62 bits per heavy atom. The van der Waals surface area contributed by atoms with Gasteiger partial charge in [0.2, 0.25) is 5.91 Å². The Balaban J connectivity index is 1.59. The van der Waals surface area contributed by atoms with Crippen LogP contribution in [0, 0.1) is 0 Å². The van der Waals surface area contributed by atoms with Gasteiger partial charge in [0.25, 0.3) is 0 Å². The SMILES string of the molecule is CN(C)c1cnnc(Nc2ccc(NC(=O)/C=C/c3ccco3)cc2)c1. The first-order valence-corrected chi connectivity index (χ1v) is 8.00. The van der Waals surface area contributed by atoms with Crippen LogP contribution in [0.2, 0.25) is 0 Å². The fourth-order valence-electron chi connectivity index (χ4n) is 2.17. The molecule has 132 valence electrons. The molecule has 2 N–H and O–H groups in total. The fourth-order valence-corrected chi connectivity index (χ4v) is 2.17. The zero-order valence-corrected chi connectivity index (χ0v) is 14.5. The minimum absolute atomic E-state index is 0.230. The van der Waals surface area contributed by atoms with Crippen LogP contribution < -0.4 is 15.5 Å². The van der Waals surface area contributed by atoms with E-state index in [0.717, 1.165) is 11.4 Å². The molecule has 2 aromatic heterocycles. The zero-order valence-electron chi connectivity index (χ0n) is 14.5. The van der Waals surface area contributed by atoms with Gasteiger partial charge in [-0.15, -0.1) is 5.10 Å². The summed E-state index contributed by atoms with van der Waals surface area (Å²) in [6.45, 7) is 0. The average molecular weight is 349 g/mol. The molecule has 0 fully saturated rings. The third kappa shape index (κ3) is 4.70. The summed E-state index contributed by atoms with van der Waals surface area (Å²) >= 11 is 0. The van der Waals surface area contributed by atoms with Crippen LogP contribution in [0.5, 0.6) is 0 Å². The quantitative estimate of drug-likeness (QED) is 0.663. The van der Waals surface area contributed by atoms with E-state index in [1.807, 2.05) is 49.3 Å². The number of rotatable bonds is 6. The van der Waals surface area contributed by atoms with Crippen LogP contribution in [0.25, 0.3) is 6.08 Å². The molecule has 0 saturated carbocycles. The van der Waals surface area contributed by atoms with Gasteiger partial charge in [-0.05, 0) is 42.5 Å². The van der Waals surface area contributed by atoms with Crippen molar-refractivity contribution in [3.8, 4) is 0 Å². The lowest BCUT2D eigenvalue weighted by atomic mass is 10.2. The van der Waals surface area contributed by atoms with Gasteiger partial charge in [-0.2, -0.15) is 5.10 Å². The molecule has 3 aromatic rings. The summed E-state index contributed by atoms with van der Waals surface area (Å²) in [6, 6.07) is 12.8. The molecule has 0 spiro atoms. The minimum atomic E-state index is -0.230. The summed E-state index contributed by atoms with van der Waals surface area (Å²) in [5.41, 5.74) is 2.49. The number of carbonyl (C=O) groups is 1. The number of carbonyl (C=O) groups excluding carboxylic acids is 1. The van der Waals surface area contributed by atoms with Crippen LogP contribution in [-0.2, 0) is 4.79 Å². The summed E-state index contributed by atoms with van der Waals surface area (Å²) in [5.74, 6) is 1.04. The molecule has 3 rings (SSSR count). The Bertz CT molecular complexity index is 887. The molecule has 0 atom stereocenters. The topological polar surface area (TPSA) is 83.3 Å². The number of aromatic nitrogens is 2. The summed E-state index contributed by atoms with van der Waals surface area (Å²) in [6.07, 6.45) is 6.29. The third-order valence-corrected chi connectivity index (χ3v) is 3.52. The first-order chi connectivity index (χ1) is 12.6. The van der Waals surface area contributed by atoms with Crippen LogP contribution in [0.1, 0.15) is 5.76 Å². The number of hydrogen-bond acceptors (Lipinski definition) is 6. The second-order valence-electron chi connectivity index (χ2n) is 5.73. The molecule has 1 aromatic carbocycles. The van der Waals surface area contributed by atoms with Gasteiger partial charge in [0, 0.05) is 37.6 Å². The Labute approximate surface area is 151 Å². The van der Waals surface area contributed by atoms with Crippen molar-refractivity contribution in [2.24, 2.45) is 0 Å². The Kier molecular flexibility index (Phi) is 5.28. The molecule has 2 heterocycles. The van der Waals surface area contributed by atoms with Gasteiger partial charge < -0.3 is 20.0 Å². The van der Waals surface area contributed by atoms with E-state index in [9.17, 15) is 4.79 Å². The maximum absolute atomic E-state index is 11.9. The summed E-state index contributed by atoms with van der Waals surface area (Å²) in [5, 5.41) is 14.0. The normalized spacial score (nSPS) is 10.7. The maximum Gasteiger partial charge on any atom is 0.248 e. The van der Waals surface area contributed by atoms with Gasteiger partial charge in [-0.3, -0.25) is 4.79 Å². The Morgan fingerprint density at radius 1 is 1.15 bits per heavy atom. The summed E-state index contributed by atoms with van der Waals surface area (Å²) < 4.78 is 5.14. The van der Waals surface area contributed by atoms with Crippen molar-refractivity contribution in [3.05, 3.63) is 66.8 Å². The van der Waals surface area contributed by atoms with E-state index in [2.05, 4.69) is 20.8 Å². The van der Waals surface area contributed by atoms with Crippen molar-refractivity contribution in [1.82, 2.24) is 10.2 Å². The lowest BCUT2D eigenvalue weighted by Gasteiger charge is -2.13. The van der Waals surface area contributed by atoms with Crippen LogP contribution in [0.15, 0.2) is 65.4 Å². The van der Waals surface area contributed by atoms with Gasteiger partial charge in [-0.25, -0.2) is 0 Å². The highest BCUT2D eigenvalue weighted by Gasteiger charge is 2.02. The van der Waals surface area contributed by atoms with Crippen molar-refractivity contribution in [3.63, 3.8) is 0 Å². The van der Waals surface area contributed by atoms with Crippen LogP contribution in [0.4, 0.5) is 22.9 Å². The smallest absolute Gasteiger partial charge is 0.248 e. The van der Waals surface area contributed by atoms with Gasteiger partial charge in [0.05, 0.1) is 18.1 Å². The fraction of sp³-hybridized carbons (Fsp3) is 0.105. The van der Waals surface area contributed by atoms with Crippen LogP contribution in [0.3, 0.4) is 0 Å². The van der Waals surface area contributed by atoms with Gasteiger partial charge in [0.1, 0.15) is 5.76 Å². The number of furan rings is 1. The standard InChI is InChI=1S/C19H19N5O2/c1-24(2)16-12-18(23-20-13-16)21-14-5-7-15(8-6-14)22-19(25)10-9-17-4-3-11-26-17/h3-13H,1-2H3,(H,21,23)(H,22,25)/b10-9+. The number of anilines is 4. The molecular formula is C19H19N5O2. The van der Waals surface area contributed by atoms with Crippen molar-refractivity contribution in [1.29, 1.82) is 0 Å². The van der Waals surface area contributed by atoms with E-state index in [1.54, 1.807) is 30.7 Å². The van der Waals surface area contributed by atoms with Crippen molar-refractivity contribution in [2.45, 2.75) is 0 Å². The predicted molar refractivity (Wildman–Crippen MR) is 102 cm³/mol. The van der Waals surface area contributed by atoms with E-state index >= 15 is 0 Å². The van der Waals surface area contributed by atoms with Crippen LogP contribution >= 0.6 is 0 Å². The minimum Gasteiger partial charge on any atom is -0.465 e. The number of nitrogens with zero attached hydrogens (tertiary/aromatic N) is 3. The van der Waals surface area contributed by atoms with Gasteiger partial charge in [-0.1, -0.05) is 0 Å². The van der Waals surface area contributed by atoms with Gasteiger partial charge in [0.15, 0.2) is 5.82 Å². The highest BCUT2D eigenvalue weighted by molar-refractivity contribution is 6.01. The van der Waals surface area contributed by atoms with E-state index in [1.165, 1.54) is 6.08 Å². The summed E-state index contributed by atoms with van der Waals surface area (Å²) in [4.78, 5) is 13.9. The molecule has 7 nitrogen and oxygen atoms in total. The molecule has 0 bridgehead atoms. The number of nitrogens with one attached hydrogen (secondary N) is 2. The van der Waals surface area contributed by atoms with E-state index in [4.69, 9.17) is 4.42 Å². The number of amides is 1. The molecule has 26 heavy (non-hydrogen) atoms. The second kappa shape index (κ2) is 7.98. The van der Waals surface area contributed by atoms with Gasteiger partial charge >= 0.3 is 0 Å². The Hall–Kier alpha value is -3.61. The lowest BCUT2D eigenvalue weighted by Crippen LogP contribution is -2.10. The third-order valence-electron chi connectivity index (χ3n) is 3.52.